The molecule has 21 heavy (non-hydrogen) atoms. The zero-order valence-corrected chi connectivity index (χ0v) is 13.2. The van der Waals surface area contributed by atoms with E-state index < -0.39 is 0 Å². The van der Waals surface area contributed by atoms with Crippen LogP contribution in [0.3, 0.4) is 0 Å². The number of nitrogens with zero attached hydrogens (tertiary/aromatic N) is 1. The molecule has 2 N–H and O–H groups in total. The maximum absolute atomic E-state index is 12.9. The fraction of sp³-hybridized carbons (Fsp3) is 0.875. The number of carbonyl (C=O) groups is 2. The molecule has 2 heterocycles. The van der Waals surface area contributed by atoms with Crippen LogP contribution in [0, 0.1) is 5.41 Å². The Bertz CT molecular complexity index is 431. The molecule has 3 fully saturated rings. The van der Waals surface area contributed by atoms with E-state index in [-0.39, 0.29) is 29.3 Å². The second kappa shape index (κ2) is 5.59. The molecule has 5 nitrogen and oxygen atoms in total. The minimum Gasteiger partial charge on any atom is -0.352 e. The van der Waals surface area contributed by atoms with Gasteiger partial charge in [0.15, 0.2) is 0 Å². The Hall–Kier alpha value is -1.10. The molecule has 0 radical (unpaired) electrons. The van der Waals surface area contributed by atoms with Gasteiger partial charge in [0, 0.05) is 12.6 Å². The maximum atomic E-state index is 12.9. The van der Waals surface area contributed by atoms with Gasteiger partial charge >= 0.3 is 0 Å². The van der Waals surface area contributed by atoms with E-state index in [2.05, 4.69) is 24.5 Å². The van der Waals surface area contributed by atoms with E-state index in [9.17, 15) is 9.59 Å². The van der Waals surface area contributed by atoms with Crippen molar-refractivity contribution in [3.05, 3.63) is 0 Å². The average molecular weight is 293 g/mol. The summed E-state index contributed by atoms with van der Waals surface area (Å²) < 4.78 is 0. The fourth-order valence-corrected chi connectivity index (χ4v) is 3.63. The Balaban J connectivity index is 1.68. The van der Waals surface area contributed by atoms with E-state index in [4.69, 9.17) is 0 Å². The monoisotopic (exact) mass is 293 g/mol. The second-order valence-corrected chi connectivity index (χ2v) is 7.45. The number of rotatable bonds is 3. The third kappa shape index (κ3) is 3.07. The smallest absolute Gasteiger partial charge is 0.243 e. The van der Waals surface area contributed by atoms with Gasteiger partial charge in [0.1, 0.15) is 6.04 Å². The van der Waals surface area contributed by atoms with Crippen molar-refractivity contribution >= 4 is 11.8 Å². The molecule has 0 aromatic heterocycles. The van der Waals surface area contributed by atoms with Crippen LogP contribution in [0.2, 0.25) is 0 Å². The molecule has 3 rings (SSSR count). The molecular weight excluding hydrogens is 266 g/mol. The highest BCUT2D eigenvalue weighted by Gasteiger charge is 2.44. The van der Waals surface area contributed by atoms with Crippen molar-refractivity contribution in [1.82, 2.24) is 15.5 Å². The van der Waals surface area contributed by atoms with E-state index in [1.165, 1.54) is 0 Å². The van der Waals surface area contributed by atoms with Gasteiger partial charge in [-0.3, -0.25) is 9.59 Å². The summed E-state index contributed by atoms with van der Waals surface area (Å²) in [7, 11) is 0. The molecule has 3 aliphatic rings. The molecule has 1 saturated carbocycles. The van der Waals surface area contributed by atoms with Gasteiger partial charge in [-0.2, -0.15) is 0 Å². The van der Waals surface area contributed by atoms with Crippen LogP contribution in [0.15, 0.2) is 0 Å². The SMILES string of the molecule is CC1(C)CCCNC1C(=O)N1CCCC1C(=O)NC1CC1. The summed E-state index contributed by atoms with van der Waals surface area (Å²) in [6.45, 7) is 5.91. The van der Waals surface area contributed by atoms with E-state index in [1.807, 2.05) is 4.90 Å². The molecule has 5 heteroatoms. The Morgan fingerprint density at radius 2 is 1.95 bits per heavy atom. The first kappa shape index (κ1) is 14.8. The minimum atomic E-state index is -0.252. The first-order chi connectivity index (χ1) is 9.99. The van der Waals surface area contributed by atoms with Gasteiger partial charge in [-0.1, -0.05) is 13.8 Å². The van der Waals surface area contributed by atoms with Crippen LogP contribution in [0.1, 0.15) is 52.4 Å². The number of hydrogen-bond acceptors (Lipinski definition) is 3. The van der Waals surface area contributed by atoms with E-state index in [1.54, 1.807) is 0 Å². The number of nitrogens with one attached hydrogen (secondary N) is 2. The van der Waals surface area contributed by atoms with Gasteiger partial charge in [0.2, 0.25) is 11.8 Å². The van der Waals surface area contributed by atoms with Crippen LogP contribution >= 0.6 is 0 Å². The second-order valence-electron chi connectivity index (χ2n) is 7.45. The molecule has 0 bridgehead atoms. The third-order valence-electron chi connectivity index (χ3n) is 5.14. The molecule has 1 aliphatic carbocycles. The summed E-state index contributed by atoms with van der Waals surface area (Å²) in [5.74, 6) is 0.171. The van der Waals surface area contributed by atoms with Gasteiger partial charge in [0.05, 0.1) is 6.04 Å². The number of piperidine rings is 1. The Kier molecular flexibility index (Phi) is 3.95. The molecule has 118 valence electrons. The number of amides is 2. The predicted octanol–water partition coefficient (Wildman–Crippen LogP) is 1.03. The van der Waals surface area contributed by atoms with Crippen molar-refractivity contribution in [3.8, 4) is 0 Å². The van der Waals surface area contributed by atoms with Crippen LogP contribution in [0.5, 0.6) is 0 Å². The van der Waals surface area contributed by atoms with Crippen molar-refractivity contribution < 1.29 is 9.59 Å². The minimum absolute atomic E-state index is 0.0323. The highest BCUT2D eigenvalue weighted by molar-refractivity contribution is 5.91. The van der Waals surface area contributed by atoms with Crippen molar-refractivity contribution in [2.24, 2.45) is 5.41 Å². The van der Waals surface area contributed by atoms with Crippen molar-refractivity contribution in [3.63, 3.8) is 0 Å². The van der Waals surface area contributed by atoms with Gasteiger partial charge in [-0.15, -0.1) is 0 Å². The lowest BCUT2D eigenvalue weighted by Gasteiger charge is -2.41. The van der Waals surface area contributed by atoms with Crippen LogP contribution in [-0.2, 0) is 9.59 Å². The molecule has 0 aromatic rings. The molecule has 2 amide bonds. The highest BCUT2D eigenvalue weighted by atomic mass is 16.2. The number of carbonyl (C=O) groups excluding carboxylic acids is 2. The lowest BCUT2D eigenvalue weighted by Crippen LogP contribution is -2.59. The van der Waals surface area contributed by atoms with Crippen LogP contribution < -0.4 is 10.6 Å². The maximum Gasteiger partial charge on any atom is 0.243 e. The largest absolute Gasteiger partial charge is 0.352 e. The van der Waals surface area contributed by atoms with Gasteiger partial charge in [0.25, 0.3) is 0 Å². The first-order valence-electron chi connectivity index (χ1n) is 8.33. The lowest BCUT2D eigenvalue weighted by molar-refractivity contribution is -0.143. The average Bonchev–Trinajstić information content (AvgIpc) is 3.10. The standard InChI is InChI=1S/C16H27N3O2/c1-16(2)8-4-9-17-13(16)15(21)19-10-3-5-12(19)14(20)18-11-6-7-11/h11-13,17H,3-10H2,1-2H3,(H,18,20). The topological polar surface area (TPSA) is 61.4 Å². The molecule has 0 aromatic carbocycles. The molecule has 2 saturated heterocycles. The Labute approximate surface area is 126 Å². The fourth-order valence-electron chi connectivity index (χ4n) is 3.63. The number of hydrogen-bond donors (Lipinski definition) is 2. The summed E-state index contributed by atoms with van der Waals surface area (Å²) in [5.41, 5.74) is -0.0323. The van der Waals surface area contributed by atoms with Gasteiger partial charge in [-0.05, 0) is 50.5 Å². The van der Waals surface area contributed by atoms with Crippen LogP contribution in [0.25, 0.3) is 0 Å². The van der Waals surface area contributed by atoms with Crippen molar-refractivity contribution in [1.29, 1.82) is 0 Å². The van der Waals surface area contributed by atoms with Gasteiger partial charge < -0.3 is 15.5 Å². The summed E-state index contributed by atoms with van der Waals surface area (Å²) in [4.78, 5) is 27.1. The lowest BCUT2D eigenvalue weighted by atomic mass is 9.77. The summed E-state index contributed by atoms with van der Waals surface area (Å²) >= 11 is 0. The summed E-state index contributed by atoms with van der Waals surface area (Å²) in [5, 5.41) is 6.43. The van der Waals surface area contributed by atoms with Crippen LogP contribution in [-0.4, -0.2) is 47.9 Å². The molecule has 2 unspecified atom stereocenters. The van der Waals surface area contributed by atoms with Gasteiger partial charge in [-0.25, -0.2) is 0 Å². The predicted molar refractivity (Wildman–Crippen MR) is 80.7 cm³/mol. The molecule has 2 aliphatic heterocycles. The highest BCUT2D eigenvalue weighted by Crippen LogP contribution is 2.33. The molecular formula is C16H27N3O2. The summed E-state index contributed by atoms with van der Waals surface area (Å²) in [6, 6.07) is -0.0440. The molecule has 2 atom stereocenters. The zero-order chi connectivity index (χ0) is 15.0. The Morgan fingerprint density at radius 1 is 1.19 bits per heavy atom. The zero-order valence-electron chi connectivity index (χ0n) is 13.2. The van der Waals surface area contributed by atoms with E-state index >= 15 is 0 Å². The van der Waals surface area contributed by atoms with Crippen molar-refractivity contribution in [2.45, 2.75) is 70.5 Å². The summed E-state index contributed by atoms with van der Waals surface area (Å²) in [6.07, 6.45) is 6.08. The van der Waals surface area contributed by atoms with Crippen LogP contribution in [0.4, 0.5) is 0 Å². The van der Waals surface area contributed by atoms with Crippen molar-refractivity contribution in [2.75, 3.05) is 13.1 Å². The first-order valence-corrected chi connectivity index (χ1v) is 8.33. The number of likely N-dealkylation sites (tertiary alicyclic amines) is 1. The van der Waals surface area contributed by atoms with E-state index in [0.717, 1.165) is 51.6 Å². The Morgan fingerprint density at radius 3 is 2.62 bits per heavy atom. The molecule has 0 spiro atoms. The normalized spacial score (nSPS) is 32.0. The van der Waals surface area contributed by atoms with E-state index in [0.29, 0.717) is 6.04 Å². The third-order valence-corrected chi connectivity index (χ3v) is 5.14. The quantitative estimate of drug-likeness (QED) is 0.817.